The lowest BCUT2D eigenvalue weighted by atomic mass is 9.89. The second-order valence-corrected chi connectivity index (χ2v) is 7.18. The quantitative estimate of drug-likeness (QED) is 0.825. The normalized spacial score (nSPS) is 27.9. The second kappa shape index (κ2) is 5.15. The number of carboxylic acids is 1. The Bertz CT molecular complexity index is 570. The summed E-state index contributed by atoms with van der Waals surface area (Å²) in [4.78, 5) is 25.7. The van der Waals surface area contributed by atoms with E-state index >= 15 is 0 Å². The van der Waals surface area contributed by atoms with Crippen LogP contribution in [0.25, 0.3) is 0 Å². The fraction of sp³-hybridized carbons (Fsp3) is 0.429. The Morgan fingerprint density at radius 2 is 1.80 bits per heavy atom. The van der Waals surface area contributed by atoms with Gasteiger partial charge in [0, 0.05) is 26.6 Å². The van der Waals surface area contributed by atoms with Crippen LogP contribution in [0.4, 0.5) is 0 Å². The van der Waals surface area contributed by atoms with Crippen molar-refractivity contribution in [3.05, 3.63) is 32.7 Å². The molecule has 1 N–H and O–H groups in total. The summed E-state index contributed by atoms with van der Waals surface area (Å²) < 4.78 is 1.66. The molecule has 0 saturated carbocycles. The van der Waals surface area contributed by atoms with E-state index in [0.717, 1.165) is 21.8 Å². The molecule has 4 nitrogen and oxygen atoms in total. The van der Waals surface area contributed by atoms with Gasteiger partial charge in [0.15, 0.2) is 0 Å². The van der Waals surface area contributed by atoms with Gasteiger partial charge in [-0.15, -0.1) is 0 Å². The molecular formula is C14H13Br2NO3. The molecular weight excluding hydrogens is 390 g/mol. The molecule has 0 aliphatic carbocycles. The number of nitrogens with zero attached hydrogens (tertiary/aromatic N) is 1. The predicted molar refractivity (Wildman–Crippen MR) is 80.6 cm³/mol. The van der Waals surface area contributed by atoms with Crippen LogP contribution >= 0.6 is 31.9 Å². The maximum Gasteiger partial charge on any atom is 0.308 e. The first-order chi connectivity index (χ1) is 9.47. The van der Waals surface area contributed by atoms with E-state index < -0.39 is 11.9 Å². The maximum atomic E-state index is 12.7. The summed E-state index contributed by atoms with van der Waals surface area (Å²) in [6.45, 7) is 0. The number of carbonyl (C=O) groups is 2. The van der Waals surface area contributed by atoms with Crippen LogP contribution in [-0.4, -0.2) is 34.0 Å². The third-order valence-electron chi connectivity index (χ3n) is 4.20. The van der Waals surface area contributed by atoms with Crippen LogP contribution in [0.5, 0.6) is 0 Å². The first-order valence-corrected chi connectivity index (χ1v) is 8.07. The van der Waals surface area contributed by atoms with E-state index in [-0.39, 0.29) is 18.0 Å². The van der Waals surface area contributed by atoms with E-state index in [1.165, 1.54) is 0 Å². The summed E-state index contributed by atoms with van der Waals surface area (Å²) in [6, 6.07) is 5.35. The van der Waals surface area contributed by atoms with Crippen LogP contribution in [0.3, 0.4) is 0 Å². The number of halogens is 2. The van der Waals surface area contributed by atoms with Gasteiger partial charge in [0.2, 0.25) is 0 Å². The molecule has 6 heteroatoms. The molecule has 0 spiro atoms. The van der Waals surface area contributed by atoms with Gasteiger partial charge in [0.05, 0.1) is 5.92 Å². The summed E-state index contributed by atoms with van der Waals surface area (Å²) in [7, 11) is 0. The first kappa shape index (κ1) is 14.1. The molecule has 1 amide bonds. The lowest BCUT2D eigenvalue weighted by Gasteiger charge is -2.23. The van der Waals surface area contributed by atoms with Crippen LogP contribution in [-0.2, 0) is 4.79 Å². The van der Waals surface area contributed by atoms with Crippen molar-refractivity contribution in [1.82, 2.24) is 4.90 Å². The molecule has 2 aliphatic heterocycles. The monoisotopic (exact) mass is 401 g/mol. The number of benzene rings is 1. The Labute approximate surface area is 133 Å². The smallest absolute Gasteiger partial charge is 0.308 e. The summed E-state index contributed by atoms with van der Waals surface area (Å²) in [5, 5.41) is 9.24. The van der Waals surface area contributed by atoms with Crippen molar-refractivity contribution >= 4 is 43.7 Å². The van der Waals surface area contributed by atoms with Crippen LogP contribution in [0.1, 0.15) is 29.6 Å². The fourth-order valence-corrected chi connectivity index (χ4v) is 4.69. The molecule has 2 heterocycles. The molecule has 2 fully saturated rings. The Kier molecular flexibility index (Phi) is 3.62. The predicted octanol–water partition coefficient (Wildman–Crippen LogP) is 3.29. The zero-order valence-electron chi connectivity index (χ0n) is 10.6. The molecule has 106 valence electrons. The highest BCUT2D eigenvalue weighted by Gasteiger charge is 2.51. The van der Waals surface area contributed by atoms with E-state index in [9.17, 15) is 14.7 Å². The number of rotatable bonds is 2. The fourth-order valence-electron chi connectivity index (χ4n) is 3.40. The zero-order valence-corrected chi connectivity index (χ0v) is 13.7. The molecule has 2 aliphatic rings. The first-order valence-electron chi connectivity index (χ1n) is 6.49. The topological polar surface area (TPSA) is 57.6 Å². The molecule has 0 radical (unpaired) electrons. The average Bonchev–Trinajstić information content (AvgIpc) is 2.94. The number of hydrogen-bond acceptors (Lipinski definition) is 2. The minimum atomic E-state index is -0.787. The summed E-state index contributed by atoms with van der Waals surface area (Å²) in [5.41, 5.74) is 0.592. The number of amides is 1. The van der Waals surface area contributed by atoms with Gasteiger partial charge in [-0.25, -0.2) is 0 Å². The molecule has 3 atom stereocenters. The van der Waals surface area contributed by atoms with E-state index in [2.05, 4.69) is 31.9 Å². The van der Waals surface area contributed by atoms with Crippen molar-refractivity contribution < 1.29 is 14.7 Å². The highest BCUT2D eigenvalue weighted by Crippen LogP contribution is 2.42. The van der Waals surface area contributed by atoms with Crippen molar-refractivity contribution in [2.45, 2.75) is 31.3 Å². The van der Waals surface area contributed by atoms with Gasteiger partial charge >= 0.3 is 5.97 Å². The van der Waals surface area contributed by atoms with Gasteiger partial charge in [-0.05, 0) is 37.5 Å². The van der Waals surface area contributed by atoms with Crippen molar-refractivity contribution in [2.75, 3.05) is 0 Å². The molecule has 2 bridgehead atoms. The Hall–Kier alpha value is -0.880. The van der Waals surface area contributed by atoms with E-state index in [4.69, 9.17) is 0 Å². The Balaban J connectivity index is 1.90. The standard InChI is InChI=1S/C14H13Br2NO3/c15-8-3-7(4-9(16)5-8)13(18)17-10-1-2-12(17)11(6-10)14(19)20/h3-5,10-12H,1-2,6H2,(H,19,20). The molecule has 3 unspecified atom stereocenters. The van der Waals surface area contributed by atoms with Gasteiger partial charge < -0.3 is 10.0 Å². The zero-order chi connectivity index (χ0) is 14.4. The Morgan fingerprint density at radius 1 is 1.15 bits per heavy atom. The molecule has 1 aromatic carbocycles. The van der Waals surface area contributed by atoms with Crippen molar-refractivity contribution in [3.63, 3.8) is 0 Å². The van der Waals surface area contributed by atoms with E-state index in [1.54, 1.807) is 17.0 Å². The van der Waals surface area contributed by atoms with E-state index in [1.807, 2.05) is 6.07 Å². The minimum absolute atomic E-state index is 0.0664. The third kappa shape index (κ3) is 2.29. The number of fused-ring (bicyclic) bond motifs is 2. The SMILES string of the molecule is O=C(O)C1CC2CCC1N2C(=O)c1cc(Br)cc(Br)c1. The highest BCUT2D eigenvalue weighted by molar-refractivity contribution is 9.11. The Morgan fingerprint density at radius 3 is 2.35 bits per heavy atom. The molecule has 20 heavy (non-hydrogen) atoms. The third-order valence-corrected chi connectivity index (χ3v) is 5.11. The lowest BCUT2D eigenvalue weighted by molar-refractivity contribution is -0.142. The lowest BCUT2D eigenvalue weighted by Crippen LogP contribution is -2.37. The summed E-state index contributed by atoms with van der Waals surface area (Å²) >= 11 is 6.75. The van der Waals surface area contributed by atoms with Gasteiger partial charge in [-0.3, -0.25) is 9.59 Å². The van der Waals surface area contributed by atoms with Gasteiger partial charge in [0.25, 0.3) is 5.91 Å². The van der Waals surface area contributed by atoms with Crippen molar-refractivity contribution in [3.8, 4) is 0 Å². The van der Waals surface area contributed by atoms with E-state index in [0.29, 0.717) is 12.0 Å². The van der Waals surface area contributed by atoms with Crippen molar-refractivity contribution in [1.29, 1.82) is 0 Å². The number of carboxylic acid groups (broad SMARTS) is 1. The highest BCUT2D eigenvalue weighted by atomic mass is 79.9. The largest absolute Gasteiger partial charge is 0.481 e. The van der Waals surface area contributed by atoms with Crippen LogP contribution in [0.2, 0.25) is 0 Å². The number of hydrogen-bond donors (Lipinski definition) is 1. The van der Waals surface area contributed by atoms with Crippen LogP contribution < -0.4 is 0 Å². The van der Waals surface area contributed by atoms with Gasteiger partial charge in [-0.1, -0.05) is 31.9 Å². The molecule has 2 saturated heterocycles. The second-order valence-electron chi connectivity index (χ2n) is 5.35. The van der Waals surface area contributed by atoms with Crippen molar-refractivity contribution in [2.24, 2.45) is 5.92 Å². The summed E-state index contributed by atoms with van der Waals surface area (Å²) in [6.07, 6.45) is 2.29. The average molecular weight is 403 g/mol. The van der Waals surface area contributed by atoms with Gasteiger partial charge in [0.1, 0.15) is 0 Å². The van der Waals surface area contributed by atoms with Crippen LogP contribution in [0, 0.1) is 5.92 Å². The maximum absolute atomic E-state index is 12.7. The number of carbonyl (C=O) groups excluding carboxylic acids is 1. The van der Waals surface area contributed by atoms with Crippen LogP contribution in [0.15, 0.2) is 27.1 Å². The molecule has 0 aromatic heterocycles. The number of aliphatic carboxylic acids is 1. The molecule has 3 rings (SSSR count). The molecule has 1 aromatic rings. The summed E-state index contributed by atoms with van der Waals surface area (Å²) in [5.74, 6) is -1.26. The van der Waals surface area contributed by atoms with Gasteiger partial charge in [-0.2, -0.15) is 0 Å². The minimum Gasteiger partial charge on any atom is -0.481 e.